The maximum absolute atomic E-state index is 12.4. The minimum atomic E-state index is -0.0208. The molecule has 2 atom stereocenters. The van der Waals surface area contributed by atoms with Crippen LogP contribution < -0.4 is 16.0 Å². The van der Waals surface area contributed by atoms with Gasteiger partial charge in [-0.2, -0.15) is 0 Å². The molecule has 7 heteroatoms. The minimum Gasteiger partial charge on any atom is -0.354 e. The lowest BCUT2D eigenvalue weighted by atomic mass is 9.98. The molecule has 1 aromatic carbocycles. The molecule has 27 heavy (non-hydrogen) atoms. The molecule has 3 N–H and O–H groups in total. The molecule has 0 bridgehead atoms. The van der Waals surface area contributed by atoms with E-state index in [4.69, 9.17) is 0 Å². The van der Waals surface area contributed by atoms with Crippen molar-refractivity contribution in [1.29, 1.82) is 0 Å². The zero-order chi connectivity index (χ0) is 19.1. The third kappa shape index (κ3) is 6.23. The first-order valence-corrected chi connectivity index (χ1v) is 11.0. The highest BCUT2D eigenvalue weighted by molar-refractivity contribution is 7.98. The van der Waals surface area contributed by atoms with Crippen molar-refractivity contribution in [2.75, 3.05) is 44.3 Å². The molecule has 3 rings (SSSR count). The number of nitrogens with zero attached hydrogens (tertiary/aromatic N) is 1. The molecule has 2 aliphatic heterocycles. The first-order valence-electron chi connectivity index (χ1n) is 9.81. The SMILES string of the molecule is CSc1cccc(NC(=O)CN2CCCC(CNC(=O)C3CCCN3)C2)c1. The predicted octanol–water partition coefficient (Wildman–Crippen LogP) is 1.93. The summed E-state index contributed by atoms with van der Waals surface area (Å²) in [6.45, 7) is 3.83. The summed E-state index contributed by atoms with van der Waals surface area (Å²) < 4.78 is 0. The number of amides is 2. The molecule has 2 aliphatic rings. The Labute approximate surface area is 165 Å². The summed E-state index contributed by atoms with van der Waals surface area (Å²) in [6, 6.07) is 7.88. The van der Waals surface area contributed by atoms with Crippen LogP contribution in [0.2, 0.25) is 0 Å². The second-order valence-corrected chi connectivity index (χ2v) is 8.30. The molecule has 2 heterocycles. The number of carbonyl (C=O) groups is 2. The van der Waals surface area contributed by atoms with E-state index in [2.05, 4.69) is 20.9 Å². The van der Waals surface area contributed by atoms with Crippen LogP contribution in [0.15, 0.2) is 29.2 Å². The topological polar surface area (TPSA) is 73.5 Å². The highest BCUT2D eigenvalue weighted by Crippen LogP contribution is 2.19. The maximum Gasteiger partial charge on any atom is 0.238 e. The summed E-state index contributed by atoms with van der Waals surface area (Å²) in [7, 11) is 0. The van der Waals surface area contributed by atoms with Crippen LogP contribution in [-0.4, -0.2) is 61.7 Å². The lowest BCUT2D eigenvalue weighted by molar-refractivity contribution is -0.123. The van der Waals surface area contributed by atoms with Gasteiger partial charge in [0.1, 0.15) is 0 Å². The smallest absolute Gasteiger partial charge is 0.238 e. The zero-order valence-corrected chi connectivity index (χ0v) is 16.8. The Balaban J connectivity index is 1.42. The molecule has 0 saturated carbocycles. The number of likely N-dealkylation sites (tertiary alicyclic amines) is 1. The van der Waals surface area contributed by atoms with E-state index in [0.29, 0.717) is 19.0 Å². The van der Waals surface area contributed by atoms with Gasteiger partial charge in [0.05, 0.1) is 12.6 Å². The number of anilines is 1. The molecule has 0 spiro atoms. The van der Waals surface area contributed by atoms with Gasteiger partial charge >= 0.3 is 0 Å². The van der Waals surface area contributed by atoms with E-state index < -0.39 is 0 Å². The number of piperidine rings is 1. The van der Waals surface area contributed by atoms with Crippen LogP contribution in [0, 0.1) is 5.92 Å². The van der Waals surface area contributed by atoms with Gasteiger partial charge in [-0.1, -0.05) is 6.07 Å². The van der Waals surface area contributed by atoms with Crippen molar-refractivity contribution in [3.05, 3.63) is 24.3 Å². The van der Waals surface area contributed by atoms with Crippen LogP contribution in [0.5, 0.6) is 0 Å². The summed E-state index contributed by atoms with van der Waals surface area (Å²) >= 11 is 1.66. The van der Waals surface area contributed by atoms with Gasteiger partial charge in [0, 0.05) is 23.7 Å². The third-order valence-electron chi connectivity index (χ3n) is 5.27. The maximum atomic E-state index is 12.4. The summed E-state index contributed by atoms with van der Waals surface area (Å²) in [4.78, 5) is 27.9. The van der Waals surface area contributed by atoms with Crippen LogP contribution in [0.4, 0.5) is 5.69 Å². The molecule has 2 unspecified atom stereocenters. The van der Waals surface area contributed by atoms with E-state index in [0.717, 1.165) is 55.9 Å². The molecule has 0 aliphatic carbocycles. The van der Waals surface area contributed by atoms with E-state index >= 15 is 0 Å². The van der Waals surface area contributed by atoms with E-state index in [1.807, 2.05) is 30.5 Å². The predicted molar refractivity (Wildman–Crippen MR) is 110 cm³/mol. The van der Waals surface area contributed by atoms with Crippen molar-refractivity contribution in [2.45, 2.75) is 36.6 Å². The van der Waals surface area contributed by atoms with E-state index in [9.17, 15) is 9.59 Å². The van der Waals surface area contributed by atoms with Crippen molar-refractivity contribution < 1.29 is 9.59 Å². The fourth-order valence-electron chi connectivity index (χ4n) is 3.84. The molecule has 2 saturated heterocycles. The first-order chi connectivity index (χ1) is 13.1. The van der Waals surface area contributed by atoms with E-state index in [-0.39, 0.29) is 17.9 Å². The van der Waals surface area contributed by atoms with Gasteiger partial charge in [-0.15, -0.1) is 11.8 Å². The van der Waals surface area contributed by atoms with Gasteiger partial charge < -0.3 is 16.0 Å². The highest BCUT2D eigenvalue weighted by Gasteiger charge is 2.25. The Hall–Kier alpha value is -1.57. The van der Waals surface area contributed by atoms with Gasteiger partial charge in [0.25, 0.3) is 0 Å². The molecule has 1 aromatic rings. The lowest BCUT2D eigenvalue weighted by Crippen LogP contribution is -2.46. The number of rotatable bonds is 7. The van der Waals surface area contributed by atoms with Crippen molar-refractivity contribution in [3.8, 4) is 0 Å². The minimum absolute atomic E-state index is 0.0208. The van der Waals surface area contributed by atoms with Crippen molar-refractivity contribution in [2.24, 2.45) is 5.92 Å². The van der Waals surface area contributed by atoms with Gasteiger partial charge in [-0.25, -0.2) is 0 Å². The molecule has 6 nitrogen and oxygen atoms in total. The molecule has 148 valence electrons. The molecular formula is C20H30N4O2S. The van der Waals surface area contributed by atoms with Gasteiger partial charge in [0.2, 0.25) is 11.8 Å². The van der Waals surface area contributed by atoms with Crippen LogP contribution >= 0.6 is 11.8 Å². The number of hydrogen-bond donors (Lipinski definition) is 3. The van der Waals surface area contributed by atoms with Crippen molar-refractivity contribution in [3.63, 3.8) is 0 Å². The second kappa shape index (κ2) is 10.1. The summed E-state index contributed by atoms with van der Waals surface area (Å²) in [6.07, 6.45) is 6.20. The van der Waals surface area contributed by atoms with Gasteiger partial charge in [-0.05, 0) is 69.1 Å². The Morgan fingerprint density at radius 2 is 2.19 bits per heavy atom. The monoisotopic (exact) mass is 390 g/mol. The number of nitrogens with one attached hydrogen (secondary N) is 3. The Bertz CT molecular complexity index is 649. The Kier molecular flexibility index (Phi) is 7.55. The molecule has 2 amide bonds. The average molecular weight is 391 g/mol. The van der Waals surface area contributed by atoms with E-state index in [1.165, 1.54) is 0 Å². The Morgan fingerprint density at radius 3 is 2.96 bits per heavy atom. The second-order valence-electron chi connectivity index (χ2n) is 7.42. The summed E-state index contributed by atoms with van der Waals surface area (Å²) in [5, 5.41) is 9.32. The summed E-state index contributed by atoms with van der Waals surface area (Å²) in [5.74, 6) is 0.556. The number of thioether (sulfide) groups is 1. The van der Waals surface area contributed by atoms with Crippen LogP contribution in [0.1, 0.15) is 25.7 Å². The van der Waals surface area contributed by atoms with Crippen LogP contribution in [0.3, 0.4) is 0 Å². The molecule has 0 aromatic heterocycles. The quantitative estimate of drug-likeness (QED) is 0.621. The van der Waals surface area contributed by atoms with Crippen LogP contribution in [0.25, 0.3) is 0 Å². The zero-order valence-electron chi connectivity index (χ0n) is 16.0. The summed E-state index contributed by atoms with van der Waals surface area (Å²) in [5.41, 5.74) is 0.844. The molecule has 0 radical (unpaired) electrons. The van der Waals surface area contributed by atoms with Crippen molar-refractivity contribution in [1.82, 2.24) is 15.5 Å². The fourth-order valence-corrected chi connectivity index (χ4v) is 4.30. The first kappa shape index (κ1) is 20.2. The fraction of sp³-hybridized carbons (Fsp3) is 0.600. The normalized spacial score (nSPS) is 23.1. The Morgan fingerprint density at radius 1 is 1.30 bits per heavy atom. The van der Waals surface area contributed by atoms with Crippen molar-refractivity contribution >= 4 is 29.3 Å². The average Bonchev–Trinajstić information content (AvgIpc) is 3.21. The van der Waals surface area contributed by atoms with Crippen LogP contribution in [-0.2, 0) is 9.59 Å². The van der Waals surface area contributed by atoms with Gasteiger partial charge in [0.15, 0.2) is 0 Å². The highest BCUT2D eigenvalue weighted by atomic mass is 32.2. The van der Waals surface area contributed by atoms with E-state index in [1.54, 1.807) is 11.8 Å². The molecular weight excluding hydrogens is 360 g/mol. The largest absolute Gasteiger partial charge is 0.354 e. The van der Waals surface area contributed by atoms with Gasteiger partial charge in [-0.3, -0.25) is 14.5 Å². The third-order valence-corrected chi connectivity index (χ3v) is 5.99. The number of carbonyl (C=O) groups excluding carboxylic acids is 2. The molecule has 2 fully saturated rings. The standard InChI is InChI=1S/C20H30N4O2S/c1-27-17-7-2-6-16(11-17)23-19(25)14-24-10-4-5-15(13-24)12-22-20(26)18-8-3-9-21-18/h2,6-7,11,15,18,21H,3-5,8-10,12-14H2,1H3,(H,22,26)(H,23,25). The lowest BCUT2D eigenvalue weighted by Gasteiger charge is -2.32. The number of hydrogen-bond acceptors (Lipinski definition) is 5. The number of benzene rings is 1.